The standard InChI is InChI=1S/C21H29N5O5/c1-11(2)7-16(20(29)26-17(21(30)31)9-18(23)27)25-19(28)14(22)8-12-10-24-15-6-4-3-5-13(12)15/h3-6,10-11,14,16-17,24H,7-9,22H2,1-2H3,(H2,23,27)(H,25,28)(H,26,29)(H,30,31). The molecule has 10 heteroatoms. The third kappa shape index (κ3) is 6.82. The highest BCUT2D eigenvalue weighted by molar-refractivity contribution is 5.93. The number of aliphatic carboxylic acids is 1. The van der Waals surface area contributed by atoms with Gasteiger partial charge in [-0.25, -0.2) is 4.79 Å². The van der Waals surface area contributed by atoms with Crippen molar-refractivity contribution in [2.45, 2.75) is 51.2 Å². The smallest absolute Gasteiger partial charge is 0.326 e. The van der Waals surface area contributed by atoms with Gasteiger partial charge in [0.25, 0.3) is 0 Å². The molecule has 3 amide bonds. The van der Waals surface area contributed by atoms with Gasteiger partial charge in [0, 0.05) is 17.1 Å². The van der Waals surface area contributed by atoms with E-state index in [0.717, 1.165) is 16.5 Å². The average molecular weight is 431 g/mol. The molecule has 0 saturated heterocycles. The first-order chi connectivity index (χ1) is 14.6. The third-order valence-electron chi connectivity index (χ3n) is 4.81. The van der Waals surface area contributed by atoms with Crippen LogP contribution in [-0.2, 0) is 25.6 Å². The van der Waals surface area contributed by atoms with Crippen molar-refractivity contribution >= 4 is 34.6 Å². The highest BCUT2D eigenvalue weighted by atomic mass is 16.4. The summed E-state index contributed by atoms with van der Waals surface area (Å²) >= 11 is 0. The fourth-order valence-electron chi connectivity index (χ4n) is 3.29. The fourth-order valence-corrected chi connectivity index (χ4v) is 3.29. The first-order valence-electron chi connectivity index (χ1n) is 10.0. The Morgan fingerprint density at radius 2 is 1.71 bits per heavy atom. The topological polar surface area (TPSA) is 180 Å². The van der Waals surface area contributed by atoms with Crippen molar-refractivity contribution in [3.05, 3.63) is 36.0 Å². The molecule has 0 aliphatic rings. The number of nitrogens with one attached hydrogen (secondary N) is 3. The zero-order chi connectivity index (χ0) is 23.1. The van der Waals surface area contributed by atoms with Crippen molar-refractivity contribution in [2.75, 3.05) is 0 Å². The van der Waals surface area contributed by atoms with Gasteiger partial charge in [-0.1, -0.05) is 32.0 Å². The van der Waals surface area contributed by atoms with Crippen LogP contribution in [0.4, 0.5) is 0 Å². The lowest BCUT2D eigenvalue weighted by Crippen LogP contribution is -2.55. The molecule has 0 bridgehead atoms. The Kier molecular flexibility index (Phi) is 8.14. The molecule has 168 valence electrons. The molecule has 0 fully saturated rings. The number of nitrogens with two attached hydrogens (primary N) is 2. The van der Waals surface area contributed by atoms with Gasteiger partial charge >= 0.3 is 5.97 Å². The Bertz CT molecular complexity index is 955. The minimum absolute atomic E-state index is 0.0281. The van der Waals surface area contributed by atoms with Crippen LogP contribution >= 0.6 is 0 Å². The number of primary amides is 1. The quantitative estimate of drug-likeness (QED) is 0.291. The van der Waals surface area contributed by atoms with Crippen LogP contribution in [0.5, 0.6) is 0 Å². The summed E-state index contributed by atoms with van der Waals surface area (Å²) in [5, 5.41) is 15.0. The van der Waals surface area contributed by atoms with Crippen LogP contribution in [0.15, 0.2) is 30.5 Å². The number of para-hydroxylation sites is 1. The van der Waals surface area contributed by atoms with Crippen LogP contribution in [0.25, 0.3) is 10.9 Å². The fraction of sp³-hybridized carbons (Fsp3) is 0.429. The van der Waals surface area contributed by atoms with Crippen LogP contribution in [0.1, 0.15) is 32.3 Å². The molecule has 3 unspecified atom stereocenters. The van der Waals surface area contributed by atoms with Gasteiger partial charge in [-0.15, -0.1) is 0 Å². The van der Waals surface area contributed by atoms with Gasteiger partial charge in [0.05, 0.1) is 12.5 Å². The number of H-pyrrole nitrogens is 1. The summed E-state index contributed by atoms with van der Waals surface area (Å²) in [6, 6.07) is 4.23. The van der Waals surface area contributed by atoms with Gasteiger partial charge in [0.1, 0.15) is 12.1 Å². The van der Waals surface area contributed by atoms with Gasteiger partial charge < -0.3 is 32.2 Å². The second-order valence-electron chi connectivity index (χ2n) is 7.93. The molecule has 0 saturated carbocycles. The monoisotopic (exact) mass is 431 g/mol. The summed E-state index contributed by atoms with van der Waals surface area (Å²) in [5.74, 6) is -3.47. The largest absolute Gasteiger partial charge is 0.480 e. The van der Waals surface area contributed by atoms with E-state index in [2.05, 4.69) is 15.6 Å². The summed E-state index contributed by atoms with van der Waals surface area (Å²) in [6.45, 7) is 3.72. The summed E-state index contributed by atoms with van der Waals surface area (Å²) in [4.78, 5) is 50.8. The lowest BCUT2D eigenvalue weighted by Gasteiger charge is -2.23. The lowest BCUT2D eigenvalue weighted by atomic mass is 10.0. The van der Waals surface area contributed by atoms with Crippen LogP contribution in [0, 0.1) is 5.92 Å². The van der Waals surface area contributed by atoms with E-state index in [1.54, 1.807) is 6.20 Å². The van der Waals surface area contributed by atoms with Crippen molar-refractivity contribution in [1.29, 1.82) is 0 Å². The summed E-state index contributed by atoms with van der Waals surface area (Å²) in [7, 11) is 0. The summed E-state index contributed by atoms with van der Waals surface area (Å²) in [6.07, 6.45) is 1.76. The van der Waals surface area contributed by atoms with E-state index in [1.165, 1.54) is 0 Å². The minimum atomic E-state index is -1.48. The number of aromatic nitrogens is 1. The van der Waals surface area contributed by atoms with Gasteiger partial charge in [0.2, 0.25) is 17.7 Å². The van der Waals surface area contributed by atoms with Crippen LogP contribution < -0.4 is 22.1 Å². The maximum atomic E-state index is 12.7. The number of fused-ring (bicyclic) bond motifs is 1. The van der Waals surface area contributed by atoms with E-state index in [1.807, 2.05) is 38.1 Å². The zero-order valence-electron chi connectivity index (χ0n) is 17.6. The minimum Gasteiger partial charge on any atom is -0.480 e. The van der Waals surface area contributed by atoms with Gasteiger partial charge in [-0.05, 0) is 30.4 Å². The lowest BCUT2D eigenvalue weighted by molar-refractivity contribution is -0.143. The highest BCUT2D eigenvalue weighted by Gasteiger charge is 2.29. The number of carboxylic acid groups (broad SMARTS) is 1. The van der Waals surface area contributed by atoms with Crippen molar-refractivity contribution in [2.24, 2.45) is 17.4 Å². The number of amides is 3. The molecule has 1 aromatic carbocycles. The third-order valence-corrected chi connectivity index (χ3v) is 4.81. The molecule has 3 atom stereocenters. The molecule has 0 radical (unpaired) electrons. The number of rotatable bonds is 11. The second-order valence-corrected chi connectivity index (χ2v) is 7.93. The molecule has 0 aliphatic carbocycles. The Balaban J connectivity index is 2.07. The molecular weight excluding hydrogens is 402 g/mol. The zero-order valence-corrected chi connectivity index (χ0v) is 17.6. The molecule has 1 aromatic heterocycles. The number of hydrogen-bond donors (Lipinski definition) is 6. The average Bonchev–Trinajstić information content (AvgIpc) is 3.09. The number of carboxylic acids is 1. The highest BCUT2D eigenvalue weighted by Crippen LogP contribution is 2.19. The maximum Gasteiger partial charge on any atom is 0.326 e. The molecule has 8 N–H and O–H groups in total. The predicted molar refractivity (Wildman–Crippen MR) is 115 cm³/mol. The van der Waals surface area contributed by atoms with Gasteiger partial charge in [-0.3, -0.25) is 14.4 Å². The van der Waals surface area contributed by atoms with Crippen LogP contribution in [0.3, 0.4) is 0 Å². The predicted octanol–water partition coefficient (Wildman–Crippen LogP) is 0.0134. The molecule has 0 aliphatic heterocycles. The van der Waals surface area contributed by atoms with Crippen LogP contribution in [0.2, 0.25) is 0 Å². The maximum absolute atomic E-state index is 12.7. The summed E-state index contributed by atoms with van der Waals surface area (Å²) in [5.41, 5.74) is 12.9. The van der Waals surface area contributed by atoms with E-state index >= 15 is 0 Å². The molecule has 10 nitrogen and oxygen atoms in total. The number of carbonyl (C=O) groups excluding carboxylic acids is 3. The Hall–Kier alpha value is -3.40. The second kappa shape index (κ2) is 10.6. The normalized spacial score (nSPS) is 14.1. The first-order valence-corrected chi connectivity index (χ1v) is 10.0. The molecular formula is C21H29N5O5. The van der Waals surface area contributed by atoms with Gasteiger partial charge in [0.15, 0.2) is 0 Å². The van der Waals surface area contributed by atoms with Crippen molar-refractivity contribution < 1.29 is 24.3 Å². The molecule has 31 heavy (non-hydrogen) atoms. The molecule has 2 aromatic rings. The first kappa shape index (κ1) is 23.9. The Morgan fingerprint density at radius 3 is 2.32 bits per heavy atom. The summed E-state index contributed by atoms with van der Waals surface area (Å²) < 4.78 is 0. The van der Waals surface area contributed by atoms with Crippen LogP contribution in [-0.4, -0.2) is 51.9 Å². The number of hydrogen-bond acceptors (Lipinski definition) is 5. The molecule has 0 spiro atoms. The number of aromatic amines is 1. The van der Waals surface area contributed by atoms with E-state index in [4.69, 9.17) is 11.5 Å². The van der Waals surface area contributed by atoms with E-state index in [0.29, 0.717) is 0 Å². The Morgan fingerprint density at radius 1 is 1.06 bits per heavy atom. The number of benzene rings is 1. The number of carbonyl (C=O) groups is 4. The van der Waals surface area contributed by atoms with E-state index in [-0.39, 0.29) is 18.8 Å². The van der Waals surface area contributed by atoms with Crippen molar-refractivity contribution in [3.8, 4) is 0 Å². The SMILES string of the molecule is CC(C)CC(NC(=O)C(N)Cc1c[nH]c2ccccc12)C(=O)NC(CC(N)=O)C(=O)O. The van der Waals surface area contributed by atoms with Crippen molar-refractivity contribution in [1.82, 2.24) is 15.6 Å². The van der Waals surface area contributed by atoms with E-state index < -0.39 is 48.2 Å². The van der Waals surface area contributed by atoms with Crippen molar-refractivity contribution in [3.63, 3.8) is 0 Å². The van der Waals surface area contributed by atoms with Gasteiger partial charge in [-0.2, -0.15) is 0 Å². The molecule has 1 heterocycles. The Labute approximate surface area is 179 Å². The van der Waals surface area contributed by atoms with E-state index in [9.17, 15) is 24.3 Å². The molecule has 2 rings (SSSR count).